The summed E-state index contributed by atoms with van der Waals surface area (Å²) in [6.45, 7) is 2.03. The first-order valence-corrected chi connectivity index (χ1v) is 8.14. The van der Waals surface area contributed by atoms with Crippen LogP contribution in [0.5, 0.6) is 0 Å². The SMILES string of the molecule is Cc1ccc(Nc2ccc(C(=O)Nc3cccc(Br)c3)nn2)cc1. The summed E-state index contributed by atoms with van der Waals surface area (Å²) in [5, 5.41) is 13.9. The molecule has 1 amide bonds. The largest absolute Gasteiger partial charge is 0.339 e. The molecule has 6 heteroatoms. The van der Waals surface area contributed by atoms with Crippen molar-refractivity contribution in [2.75, 3.05) is 10.6 Å². The molecular formula is C18H15BrN4O. The van der Waals surface area contributed by atoms with E-state index in [1.165, 1.54) is 5.56 Å². The Balaban J connectivity index is 1.67. The van der Waals surface area contributed by atoms with Crippen LogP contribution in [0.2, 0.25) is 0 Å². The average Bonchev–Trinajstić information content (AvgIpc) is 2.57. The van der Waals surface area contributed by atoms with Crippen molar-refractivity contribution in [3.05, 3.63) is 76.4 Å². The number of anilines is 3. The van der Waals surface area contributed by atoms with Gasteiger partial charge in [-0.05, 0) is 49.4 Å². The Morgan fingerprint density at radius 1 is 0.958 bits per heavy atom. The van der Waals surface area contributed by atoms with Gasteiger partial charge in [0.25, 0.3) is 5.91 Å². The molecular weight excluding hydrogens is 368 g/mol. The van der Waals surface area contributed by atoms with E-state index in [1.807, 2.05) is 55.5 Å². The maximum Gasteiger partial charge on any atom is 0.276 e. The number of nitrogens with zero attached hydrogens (tertiary/aromatic N) is 2. The Labute approximate surface area is 148 Å². The molecule has 0 unspecified atom stereocenters. The second-order valence-corrected chi connectivity index (χ2v) is 6.17. The van der Waals surface area contributed by atoms with Gasteiger partial charge in [0.05, 0.1) is 0 Å². The molecule has 0 radical (unpaired) electrons. The van der Waals surface area contributed by atoms with Crippen molar-refractivity contribution in [3.63, 3.8) is 0 Å². The lowest BCUT2D eigenvalue weighted by Crippen LogP contribution is -2.14. The number of aromatic nitrogens is 2. The molecule has 0 fully saturated rings. The van der Waals surface area contributed by atoms with Gasteiger partial charge in [-0.3, -0.25) is 4.79 Å². The summed E-state index contributed by atoms with van der Waals surface area (Å²) in [5.74, 6) is 0.278. The van der Waals surface area contributed by atoms with Crippen LogP contribution in [-0.4, -0.2) is 16.1 Å². The smallest absolute Gasteiger partial charge is 0.276 e. The monoisotopic (exact) mass is 382 g/mol. The summed E-state index contributed by atoms with van der Waals surface area (Å²) in [6, 6.07) is 18.7. The van der Waals surface area contributed by atoms with Crippen molar-refractivity contribution >= 4 is 39.0 Å². The Hall–Kier alpha value is -2.73. The molecule has 0 spiro atoms. The zero-order valence-electron chi connectivity index (χ0n) is 13.0. The molecule has 0 aliphatic heterocycles. The Morgan fingerprint density at radius 3 is 2.42 bits per heavy atom. The molecule has 1 heterocycles. The van der Waals surface area contributed by atoms with Crippen molar-refractivity contribution in [3.8, 4) is 0 Å². The van der Waals surface area contributed by atoms with Crippen LogP contribution >= 0.6 is 15.9 Å². The normalized spacial score (nSPS) is 10.2. The first-order valence-electron chi connectivity index (χ1n) is 7.34. The summed E-state index contributed by atoms with van der Waals surface area (Å²) in [5.41, 5.74) is 3.05. The summed E-state index contributed by atoms with van der Waals surface area (Å²) >= 11 is 3.37. The van der Waals surface area contributed by atoms with Crippen LogP contribution in [0.3, 0.4) is 0 Å². The van der Waals surface area contributed by atoms with E-state index in [1.54, 1.807) is 12.1 Å². The maximum atomic E-state index is 12.2. The maximum absolute atomic E-state index is 12.2. The van der Waals surface area contributed by atoms with E-state index in [4.69, 9.17) is 0 Å². The Bertz CT molecular complexity index is 848. The number of amides is 1. The molecule has 0 atom stereocenters. The number of hydrogen-bond donors (Lipinski definition) is 2. The lowest BCUT2D eigenvalue weighted by atomic mass is 10.2. The predicted octanol–water partition coefficient (Wildman–Crippen LogP) is 4.54. The minimum absolute atomic E-state index is 0.254. The molecule has 3 rings (SSSR count). The molecule has 0 aliphatic carbocycles. The first-order chi connectivity index (χ1) is 11.6. The fraction of sp³-hybridized carbons (Fsp3) is 0.0556. The molecule has 0 aliphatic rings. The van der Waals surface area contributed by atoms with Gasteiger partial charge in [-0.15, -0.1) is 10.2 Å². The number of halogens is 1. The van der Waals surface area contributed by atoms with Crippen LogP contribution in [0.4, 0.5) is 17.2 Å². The third-order valence-corrected chi connectivity index (χ3v) is 3.80. The van der Waals surface area contributed by atoms with Crippen LogP contribution in [0.25, 0.3) is 0 Å². The van der Waals surface area contributed by atoms with Crippen LogP contribution in [0, 0.1) is 6.92 Å². The average molecular weight is 383 g/mol. The van der Waals surface area contributed by atoms with Crippen LogP contribution < -0.4 is 10.6 Å². The van der Waals surface area contributed by atoms with Crippen molar-refractivity contribution in [2.24, 2.45) is 0 Å². The second kappa shape index (κ2) is 7.23. The minimum atomic E-state index is -0.303. The first kappa shape index (κ1) is 16.1. The Kier molecular flexibility index (Phi) is 4.86. The third-order valence-electron chi connectivity index (χ3n) is 3.30. The molecule has 1 aromatic heterocycles. The molecule has 0 saturated heterocycles. The minimum Gasteiger partial charge on any atom is -0.339 e. The quantitative estimate of drug-likeness (QED) is 0.694. The van der Waals surface area contributed by atoms with Crippen molar-refractivity contribution < 1.29 is 4.79 Å². The molecule has 0 bridgehead atoms. The van der Waals surface area contributed by atoms with E-state index in [-0.39, 0.29) is 11.6 Å². The fourth-order valence-corrected chi connectivity index (χ4v) is 2.47. The molecule has 2 aromatic carbocycles. The topological polar surface area (TPSA) is 66.9 Å². The van der Waals surface area contributed by atoms with Crippen LogP contribution in [0.15, 0.2) is 65.1 Å². The van der Waals surface area contributed by atoms with E-state index in [2.05, 4.69) is 36.8 Å². The summed E-state index contributed by atoms with van der Waals surface area (Å²) < 4.78 is 0.893. The highest BCUT2D eigenvalue weighted by Gasteiger charge is 2.09. The van der Waals surface area contributed by atoms with Crippen molar-refractivity contribution in [1.29, 1.82) is 0 Å². The zero-order chi connectivity index (χ0) is 16.9. The zero-order valence-corrected chi connectivity index (χ0v) is 14.5. The number of rotatable bonds is 4. The second-order valence-electron chi connectivity index (χ2n) is 5.26. The van der Waals surface area contributed by atoms with Gasteiger partial charge in [0.1, 0.15) is 0 Å². The fourth-order valence-electron chi connectivity index (χ4n) is 2.07. The number of hydrogen-bond acceptors (Lipinski definition) is 4. The van der Waals surface area contributed by atoms with Crippen molar-refractivity contribution in [2.45, 2.75) is 6.92 Å². The van der Waals surface area contributed by atoms with Gasteiger partial charge in [-0.25, -0.2) is 0 Å². The number of carbonyl (C=O) groups is 1. The molecule has 0 saturated carbocycles. The number of carbonyl (C=O) groups excluding carboxylic acids is 1. The van der Waals surface area contributed by atoms with Crippen LogP contribution in [0.1, 0.15) is 16.1 Å². The van der Waals surface area contributed by atoms with E-state index >= 15 is 0 Å². The van der Waals surface area contributed by atoms with E-state index < -0.39 is 0 Å². The summed E-state index contributed by atoms with van der Waals surface area (Å²) in [4.78, 5) is 12.2. The highest BCUT2D eigenvalue weighted by Crippen LogP contribution is 2.17. The third kappa shape index (κ3) is 4.17. The van der Waals surface area contributed by atoms with E-state index in [0.29, 0.717) is 11.5 Å². The number of aryl methyl sites for hydroxylation is 1. The summed E-state index contributed by atoms with van der Waals surface area (Å²) in [6.07, 6.45) is 0. The van der Waals surface area contributed by atoms with Gasteiger partial charge >= 0.3 is 0 Å². The van der Waals surface area contributed by atoms with E-state index in [0.717, 1.165) is 10.2 Å². The standard InChI is InChI=1S/C18H15BrN4O/c1-12-5-7-14(8-6-12)20-17-10-9-16(22-23-17)18(24)21-15-4-2-3-13(19)11-15/h2-11H,1H3,(H,20,23)(H,21,24). The van der Waals surface area contributed by atoms with Gasteiger partial charge in [0.15, 0.2) is 11.5 Å². The molecule has 5 nitrogen and oxygen atoms in total. The molecule has 120 valence electrons. The van der Waals surface area contributed by atoms with Gasteiger partial charge < -0.3 is 10.6 Å². The van der Waals surface area contributed by atoms with Crippen LogP contribution in [-0.2, 0) is 0 Å². The molecule has 3 aromatic rings. The van der Waals surface area contributed by atoms with Gasteiger partial charge in [0.2, 0.25) is 0 Å². The lowest BCUT2D eigenvalue weighted by Gasteiger charge is -2.07. The van der Waals surface area contributed by atoms with Gasteiger partial charge in [-0.2, -0.15) is 0 Å². The van der Waals surface area contributed by atoms with Crippen molar-refractivity contribution in [1.82, 2.24) is 10.2 Å². The highest BCUT2D eigenvalue weighted by atomic mass is 79.9. The van der Waals surface area contributed by atoms with Gasteiger partial charge in [0, 0.05) is 15.8 Å². The number of benzene rings is 2. The highest BCUT2D eigenvalue weighted by molar-refractivity contribution is 9.10. The molecule has 24 heavy (non-hydrogen) atoms. The number of nitrogens with one attached hydrogen (secondary N) is 2. The Morgan fingerprint density at radius 2 is 1.75 bits per heavy atom. The van der Waals surface area contributed by atoms with E-state index in [9.17, 15) is 4.79 Å². The molecule has 2 N–H and O–H groups in total. The van der Waals surface area contributed by atoms with Gasteiger partial charge in [-0.1, -0.05) is 39.7 Å². The predicted molar refractivity (Wildman–Crippen MR) is 98.6 cm³/mol. The lowest BCUT2D eigenvalue weighted by molar-refractivity contribution is 0.102. The summed E-state index contributed by atoms with van der Waals surface area (Å²) in [7, 11) is 0.